The zero-order chi connectivity index (χ0) is 19.9. The fourth-order valence-electron chi connectivity index (χ4n) is 4.12. The highest BCUT2D eigenvalue weighted by Crippen LogP contribution is 2.26. The van der Waals surface area contributed by atoms with E-state index in [2.05, 4.69) is 15.6 Å². The normalized spacial score (nSPS) is 21.0. The number of nitrogens with zero attached hydrogens (tertiary/aromatic N) is 2. The summed E-state index contributed by atoms with van der Waals surface area (Å²) in [6.07, 6.45) is 6.57. The van der Waals surface area contributed by atoms with Crippen molar-refractivity contribution in [2.45, 2.75) is 57.7 Å². The predicted molar refractivity (Wildman–Crippen MR) is 107 cm³/mol. The molecule has 0 aromatic heterocycles. The molecule has 154 valence electrons. The highest BCUT2D eigenvalue weighted by Gasteiger charge is 2.31. The van der Waals surface area contributed by atoms with Gasteiger partial charge in [0.1, 0.15) is 5.82 Å². The number of rotatable bonds is 5. The maximum Gasteiger partial charge on any atom is 0.225 e. The van der Waals surface area contributed by atoms with Crippen LogP contribution in [0.25, 0.3) is 0 Å². The fourth-order valence-corrected chi connectivity index (χ4v) is 4.12. The second kappa shape index (κ2) is 9.87. The summed E-state index contributed by atoms with van der Waals surface area (Å²) >= 11 is 0. The molecule has 0 radical (unpaired) electrons. The Balaban J connectivity index is 1.48. The maximum absolute atomic E-state index is 13.5. The largest absolute Gasteiger partial charge is 0.392 e. The Kier molecular flexibility index (Phi) is 7.25. The van der Waals surface area contributed by atoms with Gasteiger partial charge in [-0.05, 0) is 37.0 Å². The number of halogens is 1. The van der Waals surface area contributed by atoms with Gasteiger partial charge in [0, 0.05) is 44.2 Å². The highest BCUT2D eigenvalue weighted by molar-refractivity contribution is 5.81. The molecule has 6 nitrogen and oxygen atoms in total. The molecule has 1 atom stereocenters. The third-order valence-electron chi connectivity index (χ3n) is 5.76. The minimum atomic E-state index is -0.401. The Morgan fingerprint density at radius 2 is 2.07 bits per heavy atom. The third kappa shape index (κ3) is 5.22. The lowest BCUT2D eigenvalue weighted by molar-refractivity contribution is -0.135. The Morgan fingerprint density at radius 1 is 1.29 bits per heavy atom. The summed E-state index contributed by atoms with van der Waals surface area (Å²) in [5.41, 5.74) is 1.16. The number of aliphatic hydroxyl groups excluding tert-OH is 1. The number of nitrogens with one attached hydrogen (secondary N) is 2. The fraction of sp³-hybridized carbons (Fsp3) is 0.619. The number of carbonyl (C=O) groups is 1. The van der Waals surface area contributed by atoms with Crippen molar-refractivity contribution in [2.24, 2.45) is 10.9 Å². The number of amides is 1. The molecular formula is C21H31FN4O2. The molecule has 2 fully saturated rings. The van der Waals surface area contributed by atoms with E-state index in [0.29, 0.717) is 25.0 Å². The number of hydrogen-bond donors (Lipinski definition) is 3. The molecule has 1 aliphatic heterocycles. The molecule has 1 aromatic rings. The zero-order valence-electron chi connectivity index (χ0n) is 16.6. The topological polar surface area (TPSA) is 77.0 Å². The van der Waals surface area contributed by atoms with Gasteiger partial charge in [-0.15, -0.1) is 0 Å². The van der Waals surface area contributed by atoms with Crippen LogP contribution in [0, 0.1) is 11.7 Å². The van der Waals surface area contributed by atoms with Gasteiger partial charge in [0.05, 0.1) is 6.61 Å². The number of aliphatic imine (C=N–C) groups is 1. The summed E-state index contributed by atoms with van der Waals surface area (Å²) in [7, 11) is 1.71. The molecule has 0 spiro atoms. The summed E-state index contributed by atoms with van der Waals surface area (Å²) < 4.78 is 13.5. The van der Waals surface area contributed by atoms with Crippen molar-refractivity contribution in [1.29, 1.82) is 0 Å². The van der Waals surface area contributed by atoms with E-state index in [9.17, 15) is 14.3 Å². The number of likely N-dealkylation sites (tertiary alicyclic amines) is 1. The van der Waals surface area contributed by atoms with Crippen LogP contribution < -0.4 is 10.6 Å². The SMILES string of the molecule is CN=C(NCc1ccc(F)c(CO)c1)NC1CCN(C(=O)C2CCCCC2)C1. The first kappa shape index (κ1) is 20.6. The second-order valence-electron chi connectivity index (χ2n) is 7.76. The molecule has 1 amide bonds. The maximum atomic E-state index is 13.5. The van der Waals surface area contributed by atoms with Crippen LogP contribution in [-0.4, -0.2) is 48.1 Å². The van der Waals surface area contributed by atoms with Gasteiger partial charge in [-0.25, -0.2) is 4.39 Å². The Labute approximate surface area is 166 Å². The molecule has 7 heteroatoms. The van der Waals surface area contributed by atoms with Crippen molar-refractivity contribution in [3.8, 4) is 0 Å². The Bertz CT molecular complexity index is 704. The van der Waals surface area contributed by atoms with E-state index in [1.807, 2.05) is 4.90 Å². The van der Waals surface area contributed by atoms with E-state index in [0.717, 1.165) is 31.4 Å². The van der Waals surface area contributed by atoms with Crippen LogP contribution in [0.4, 0.5) is 4.39 Å². The van der Waals surface area contributed by atoms with Crippen molar-refractivity contribution in [3.63, 3.8) is 0 Å². The first-order chi connectivity index (χ1) is 13.6. The van der Waals surface area contributed by atoms with Crippen LogP contribution in [0.2, 0.25) is 0 Å². The summed E-state index contributed by atoms with van der Waals surface area (Å²) in [5.74, 6) is 0.785. The van der Waals surface area contributed by atoms with E-state index >= 15 is 0 Å². The molecular weight excluding hydrogens is 359 g/mol. The smallest absolute Gasteiger partial charge is 0.225 e. The first-order valence-electron chi connectivity index (χ1n) is 10.2. The van der Waals surface area contributed by atoms with Crippen LogP contribution in [0.15, 0.2) is 23.2 Å². The minimum Gasteiger partial charge on any atom is -0.392 e. The van der Waals surface area contributed by atoms with Crippen LogP contribution in [0.3, 0.4) is 0 Å². The van der Waals surface area contributed by atoms with Crippen LogP contribution in [0.5, 0.6) is 0 Å². The summed E-state index contributed by atoms with van der Waals surface area (Å²) in [5, 5.41) is 15.8. The van der Waals surface area contributed by atoms with E-state index < -0.39 is 5.82 Å². The van der Waals surface area contributed by atoms with E-state index in [-0.39, 0.29) is 24.1 Å². The molecule has 28 heavy (non-hydrogen) atoms. The average molecular weight is 391 g/mol. The zero-order valence-corrected chi connectivity index (χ0v) is 16.6. The van der Waals surface area contributed by atoms with E-state index in [1.165, 1.54) is 25.3 Å². The quantitative estimate of drug-likeness (QED) is 0.532. The number of benzene rings is 1. The van der Waals surface area contributed by atoms with Gasteiger partial charge in [0.2, 0.25) is 5.91 Å². The summed E-state index contributed by atoms with van der Waals surface area (Å²) in [6.45, 7) is 1.66. The summed E-state index contributed by atoms with van der Waals surface area (Å²) in [4.78, 5) is 18.9. The number of carbonyl (C=O) groups excluding carboxylic acids is 1. The molecule has 1 saturated heterocycles. The lowest BCUT2D eigenvalue weighted by Gasteiger charge is -2.26. The lowest BCUT2D eigenvalue weighted by atomic mass is 9.88. The molecule has 1 aromatic carbocycles. The van der Waals surface area contributed by atoms with Crippen molar-refractivity contribution in [2.75, 3.05) is 20.1 Å². The summed E-state index contributed by atoms with van der Waals surface area (Å²) in [6, 6.07) is 4.88. The van der Waals surface area contributed by atoms with E-state index in [1.54, 1.807) is 19.2 Å². The molecule has 1 heterocycles. The van der Waals surface area contributed by atoms with Crippen molar-refractivity contribution >= 4 is 11.9 Å². The molecule has 1 aliphatic carbocycles. The third-order valence-corrected chi connectivity index (χ3v) is 5.76. The van der Waals surface area contributed by atoms with Crippen LogP contribution in [0.1, 0.15) is 49.7 Å². The molecule has 3 rings (SSSR count). The molecule has 1 unspecified atom stereocenters. The monoisotopic (exact) mass is 390 g/mol. The van der Waals surface area contributed by atoms with Gasteiger partial charge in [-0.1, -0.05) is 25.3 Å². The Hall–Kier alpha value is -2.15. The van der Waals surface area contributed by atoms with Gasteiger partial charge in [0.25, 0.3) is 0 Å². The predicted octanol–water partition coefficient (Wildman–Crippen LogP) is 2.16. The van der Waals surface area contributed by atoms with Gasteiger partial charge in [0.15, 0.2) is 5.96 Å². The van der Waals surface area contributed by atoms with Crippen molar-refractivity contribution in [3.05, 3.63) is 35.1 Å². The van der Waals surface area contributed by atoms with E-state index in [4.69, 9.17) is 0 Å². The van der Waals surface area contributed by atoms with Crippen LogP contribution >= 0.6 is 0 Å². The number of hydrogen-bond acceptors (Lipinski definition) is 3. The molecule has 2 aliphatic rings. The number of aliphatic hydroxyl groups is 1. The highest BCUT2D eigenvalue weighted by atomic mass is 19.1. The lowest BCUT2D eigenvalue weighted by Crippen LogP contribution is -2.45. The molecule has 1 saturated carbocycles. The second-order valence-corrected chi connectivity index (χ2v) is 7.76. The van der Waals surface area contributed by atoms with Crippen molar-refractivity contribution < 1.29 is 14.3 Å². The van der Waals surface area contributed by atoms with Gasteiger partial charge in [-0.3, -0.25) is 9.79 Å². The molecule has 0 bridgehead atoms. The van der Waals surface area contributed by atoms with Crippen LogP contribution in [-0.2, 0) is 17.9 Å². The number of guanidine groups is 1. The minimum absolute atomic E-state index is 0.181. The van der Waals surface area contributed by atoms with Gasteiger partial charge >= 0.3 is 0 Å². The van der Waals surface area contributed by atoms with Crippen molar-refractivity contribution in [1.82, 2.24) is 15.5 Å². The first-order valence-corrected chi connectivity index (χ1v) is 10.2. The Morgan fingerprint density at radius 3 is 2.79 bits per heavy atom. The molecule has 3 N–H and O–H groups in total. The standard InChI is InChI=1S/C21H31FN4O2/c1-23-21(24-12-15-7-8-19(22)17(11-15)14-27)25-18-9-10-26(13-18)20(28)16-5-3-2-4-6-16/h7-8,11,16,18,27H,2-6,9-10,12-14H2,1H3,(H2,23,24,25). The average Bonchev–Trinajstić information content (AvgIpc) is 3.20. The van der Waals surface area contributed by atoms with Gasteiger partial charge < -0.3 is 20.6 Å². The van der Waals surface area contributed by atoms with Gasteiger partial charge in [-0.2, -0.15) is 0 Å².